The molecule has 0 saturated carbocycles. The van der Waals surface area contributed by atoms with Crippen LogP contribution >= 0.6 is 31.9 Å². The Kier molecular flexibility index (Phi) is 30.0. The normalized spacial score (nSPS) is 11.3. The van der Waals surface area contributed by atoms with Crippen molar-refractivity contribution in [1.82, 2.24) is 0 Å². The summed E-state index contributed by atoms with van der Waals surface area (Å²) in [5.74, 6) is -0.611. The van der Waals surface area contributed by atoms with Crippen LogP contribution in [0.25, 0.3) is 0 Å². The highest BCUT2D eigenvalue weighted by molar-refractivity contribution is 9.10. The second kappa shape index (κ2) is 35.6. The van der Waals surface area contributed by atoms with Crippen molar-refractivity contribution in [2.24, 2.45) is 0 Å². The van der Waals surface area contributed by atoms with E-state index in [2.05, 4.69) is 198 Å². The van der Waals surface area contributed by atoms with Gasteiger partial charge in [0.25, 0.3) is 0 Å². The molecule has 11 nitrogen and oxygen atoms in total. The van der Waals surface area contributed by atoms with Crippen molar-refractivity contribution in [3.05, 3.63) is 177 Å². The van der Waals surface area contributed by atoms with Gasteiger partial charge in [0.15, 0.2) is 0 Å². The topological polar surface area (TPSA) is 132 Å². The lowest BCUT2D eigenvalue weighted by Crippen LogP contribution is -2.22. The van der Waals surface area contributed by atoms with Crippen LogP contribution in [0.15, 0.2) is 155 Å². The van der Waals surface area contributed by atoms with Crippen LogP contribution in [0.5, 0.6) is 0 Å². The number of rotatable bonds is 28. The van der Waals surface area contributed by atoms with Crippen molar-refractivity contribution >= 4 is 114 Å². The van der Waals surface area contributed by atoms with E-state index >= 15 is 0 Å². The molecule has 0 fully saturated rings. The predicted octanol–water partition coefficient (Wildman–Crippen LogP) is 17.8. The lowest BCUT2D eigenvalue weighted by Gasteiger charge is -2.26. The Morgan fingerprint density at radius 3 is 0.771 bits per heavy atom. The number of aliphatic hydroxyl groups is 1. The summed E-state index contributed by atoms with van der Waals surface area (Å²) in [6.07, 6.45) is 4.11. The van der Waals surface area contributed by atoms with E-state index in [1.54, 1.807) is 0 Å². The molecule has 0 aromatic heterocycles. The van der Waals surface area contributed by atoms with Crippen molar-refractivity contribution in [3.8, 4) is 0 Å². The summed E-state index contributed by atoms with van der Waals surface area (Å²) in [5.41, 5.74) is 10.5. The molecule has 6 rings (SSSR count). The minimum Gasteiger partial charge on any atom is -0.466 e. The summed E-state index contributed by atoms with van der Waals surface area (Å²) >= 11 is 7.06. The highest BCUT2D eigenvalue weighted by Gasteiger charge is 2.18. The number of anilines is 6. The molecule has 0 radical (unpaired) electrons. The fraction of sp³-hybridized carbons (Fsp3) is 0.403. The van der Waals surface area contributed by atoms with Crippen LogP contribution in [0.2, 0.25) is 77.1 Å². The molecule has 0 aliphatic heterocycles. The number of carbonyl (C=O) groups is 4. The number of carbonyl (C=O) groups excluding carboxylic acids is 4. The van der Waals surface area contributed by atoms with Gasteiger partial charge in [0.1, 0.15) is 0 Å². The minimum absolute atomic E-state index is 0.131. The maximum Gasteiger partial charge on any atom is 0.306 e. The zero-order valence-corrected chi connectivity index (χ0v) is 57.2. The second-order valence-electron chi connectivity index (χ2n) is 24.0. The molecule has 0 spiro atoms. The Hall–Kier alpha value is -5.63. The van der Waals surface area contributed by atoms with Gasteiger partial charge in [-0.25, -0.2) is 0 Å². The highest BCUT2D eigenvalue weighted by Crippen LogP contribution is 2.37. The van der Waals surface area contributed by atoms with Crippen LogP contribution in [-0.2, 0) is 63.8 Å². The molecule has 0 amide bonds. The molecule has 16 heteroatoms. The van der Waals surface area contributed by atoms with E-state index in [1.807, 2.05) is 62.4 Å². The van der Waals surface area contributed by atoms with Crippen molar-refractivity contribution in [2.45, 2.75) is 142 Å². The average Bonchev–Trinajstić information content (AvgIpc) is 3.51. The fourth-order valence-corrected chi connectivity index (χ4v) is 10.8. The van der Waals surface area contributed by atoms with E-state index < -0.39 is 24.2 Å². The first kappa shape index (κ1) is 69.9. The molecule has 0 aliphatic carbocycles. The highest BCUT2D eigenvalue weighted by atomic mass is 79.9. The van der Waals surface area contributed by atoms with Crippen LogP contribution in [0.3, 0.4) is 0 Å². The van der Waals surface area contributed by atoms with E-state index in [9.17, 15) is 19.2 Å². The number of hydrogen-bond acceptors (Lipinski definition) is 11. The Balaban J connectivity index is 0.000000325. The average molecular weight is 1310 g/mol. The van der Waals surface area contributed by atoms with Gasteiger partial charge in [-0.2, -0.15) is 0 Å². The van der Waals surface area contributed by atoms with E-state index in [-0.39, 0.29) is 23.9 Å². The Morgan fingerprint density at radius 1 is 0.361 bits per heavy atom. The number of aryl methyl sites for hydroxylation is 4. The van der Waals surface area contributed by atoms with Gasteiger partial charge >= 0.3 is 23.9 Å². The van der Waals surface area contributed by atoms with Crippen LogP contribution < -0.4 is 9.80 Å². The quantitative estimate of drug-likeness (QED) is 0.0286. The first-order valence-corrected chi connectivity index (χ1v) is 41.8. The molecule has 0 unspecified atom stereocenters. The van der Waals surface area contributed by atoms with Gasteiger partial charge in [-0.05, 0) is 177 Å². The number of nitrogens with zero attached hydrogens (tertiary/aromatic N) is 2. The molecule has 6 aromatic carbocycles. The third-order valence-corrected chi connectivity index (χ3v) is 19.3. The van der Waals surface area contributed by atoms with Crippen molar-refractivity contribution in [1.29, 1.82) is 0 Å². The Morgan fingerprint density at radius 2 is 0.578 bits per heavy atom. The first-order valence-electron chi connectivity index (χ1n) is 29.1. The lowest BCUT2D eigenvalue weighted by molar-refractivity contribution is -0.144. The van der Waals surface area contributed by atoms with E-state index in [4.69, 9.17) is 24.1 Å². The Labute approximate surface area is 515 Å². The molecule has 0 aliphatic rings. The number of esters is 4. The predicted molar refractivity (Wildman–Crippen MR) is 358 cm³/mol. The minimum atomic E-state index is -1.21. The summed E-state index contributed by atoms with van der Waals surface area (Å²) in [6, 6.07) is 52.6. The Bertz CT molecular complexity index is 2730. The zero-order valence-electron chi connectivity index (χ0n) is 51.0. The molecule has 6 aromatic rings. The maximum atomic E-state index is 12.2. The third-order valence-electron chi connectivity index (χ3n) is 13.1. The van der Waals surface area contributed by atoms with Crippen molar-refractivity contribution in [3.63, 3.8) is 0 Å². The van der Waals surface area contributed by atoms with Crippen LogP contribution in [0, 0.1) is 0 Å². The number of halogens is 2. The summed E-state index contributed by atoms with van der Waals surface area (Å²) in [5, 5.41) is 8.44. The molecule has 0 saturated heterocycles. The molecule has 1 N–H and O–H groups in total. The summed E-state index contributed by atoms with van der Waals surface area (Å²) in [6.45, 7) is 26.3. The molecular weight excluding hydrogens is 1220 g/mol. The lowest BCUT2D eigenvalue weighted by atomic mass is 10.1. The van der Waals surface area contributed by atoms with E-state index in [0.717, 1.165) is 83.5 Å². The van der Waals surface area contributed by atoms with Gasteiger partial charge in [-0.15, -0.1) is 0 Å². The monoisotopic (exact) mass is 1310 g/mol. The smallest absolute Gasteiger partial charge is 0.306 e. The van der Waals surface area contributed by atoms with Crippen LogP contribution in [0.4, 0.5) is 34.1 Å². The molecule has 0 bridgehead atoms. The van der Waals surface area contributed by atoms with Gasteiger partial charge in [0.2, 0.25) is 0 Å². The summed E-state index contributed by atoms with van der Waals surface area (Å²) in [7, 11) is -3.33. The maximum absolute atomic E-state index is 12.2. The number of hydrogen-bond donors (Lipinski definition) is 1. The zero-order chi connectivity index (χ0) is 61.0. The largest absolute Gasteiger partial charge is 0.466 e. The molecular formula is C67H90Br2N2O9Si3. The third kappa shape index (κ3) is 28.2. The van der Waals surface area contributed by atoms with Gasteiger partial charge in [-0.1, -0.05) is 139 Å². The van der Waals surface area contributed by atoms with Gasteiger partial charge in [0, 0.05) is 99.6 Å². The number of aliphatic hydroxyl groups excluding tert-OH is 1. The summed E-state index contributed by atoms with van der Waals surface area (Å²) in [4.78, 5) is 52.2. The van der Waals surface area contributed by atoms with Crippen LogP contribution in [-0.4, -0.2) is 86.2 Å². The van der Waals surface area contributed by atoms with E-state index in [1.165, 1.54) is 0 Å². The van der Waals surface area contributed by atoms with Gasteiger partial charge in [0.05, 0.1) is 26.4 Å². The first-order chi connectivity index (χ1) is 39.3. The van der Waals surface area contributed by atoms with Crippen molar-refractivity contribution in [2.75, 3.05) is 42.8 Å². The molecule has 448 valence electrons. The van der Waals surface area contributed by atoms with Crippen LogP contribution in [0.1, 0.15) is 61.8 Å². The SMILES string of the molecule is CCOC(=O)CCc1ccc(N(c2ccc(Br)cc2)c2ccc(CCC(=O)OCC)cc2)cc1.C[Si](C)(C)CCO.C[Si](C)(C)CCOC(=O)CCc1ccc(N(c2ccc(Br)cc2)c2ccc(CCC(=O)OCC[Si](C)(C)C)cc2)cc1. The second-order valence-corrected chi connectivity index (χ2v) is 42.7. The summed E-state index contributed by atoms with van der Waals surface area (Å²) < 4.78 is 23.0. The fourth-order valence-electron chi connectivity index (χ4n) is 8.20. The van der Waals surface area contributed by atoms with Gasteiger partial charge in [-0.3, -0.25) is 19.2 Å². The van der Waals surface area contributed by atoms with Gasteiger partial charge < -0.3 is 33.9 Å². The number of ether oxygens (including phenoxy) is 4. The standard InChI is InChI=1S/C34H46BrNO4Si2.C28H30BrNO4.C5H14OSi/c1-41(2,3)25-23-39-33(37)21-11-27-7-15-30(16-8-27)36(32-19-13-29(35)14-20-32)31-17-9-28(10-18-31)12-22-34(38)40-24-26-42(4,5)6;1-3-33-27(31)19-9-21-5-13-24(14-6-21)30(26-17-11-23(29)12-18-26)25-15-7-22(8-16-25)10-20-28(32)34-4-2;1-7(2,3)5-4-6/h7-10,13-20H,11-12,21-26H2,1-6H3;5-8,11-18H,3-4,9-10,19-20H2,1-2H3;6H,4-5H2,1-3H3. The van der Waals surface area contributed by atoms with E-state index in [0.29, 0.717) is 84.4 Å². The molecule has 83 heavy (non-hydrogen) atoms. The van der Waals surface area contributed by atoms with Crippen molar-refractivity contribution < 1.29 is 43.2 Å². The number of benzene rings is 6. The molecule has 0 heterocycles. The molecule has 0 atom stereocenters.